The Labute approximate surface area is 124 Å². The van der Waals surface area contributed by atoms with E-state index in [0.717, 1.165) is 25.6 Å². The Bertz CT molecular complexity index is 259. The molecule has 1 fully saturated rings. The molecule has 5 nitrogen and oxygen atoms in total. The minimum atomic E-state index is 0.938. The summed E-state index contributed by atoms with van der Waals surface area (Å²) in [6, 6.07) is 0. The highest BCUT2D eigenvalue weighted by molar-refractivity contribution is 5.79. The Kier molecular flexibility index (Phi) is 9.41. The molecular weight excluding hydrogens is 250 g/mol. The van der Waals surface area contributed by atoms with Crippen LogP contribution in [0.5, 0.6) is 0 Å². The SMILES string of the molecule is CCCCCNC(=NC)NCCN1CCN(CC)CC1. The van der Waals surface area contributed by atoms with Crippen LogP contribution in [0.1, 0.15) is 33.1 Å². The highest BCUT2D eigenvalue weighted by Gasteiger charge is 2.14. The molecule has 1 aliphatic heterocycles. The number of nitrogens with one attached hydrogen (secondary N) is 2. The molecule has 1 aliphatic rings. The highest BCUT2D eigenvalue weighted by Crippen LogP contribution is 1.99. The number of unbranched alkanes of at least 4 members (excludes halogenated alkanes) is 2. The van der Waals surface area contributed by atoms with Crippen molar-refractivity contribution in [3.63, 3.8) is 0 Å². The maximum Gasteiger partial charge on any atom is 0.191 e. The number of nitrogens with zero attached hydrogens (tertiary/aromatic N) is 3. The summed E-state index contributed by atoms with van der Waals surface area (Å²) in [5.74, 6) is 0.938. The average Bonchev–Trinajstić information content (AvgIpc) is 2.50. The zero-order chi connectivity index (χ0) is 14.6. The van der Waals surface area contributed by atoms with Crippen LogP contribution in [-0.2, 0) is 0 Å². The first-order valence-corrected chi connectivity index (χ1v) is 8.19. The van der Waals surface area contributed by atoms with Crippen molar-refractivity contribution in [2.24, 2.45) is 4.99 Å². The van der Waals surface area contributed by atoms with Crippen LogP contribution in [-0.4, -0.2) is 75.2 Å². The van der Waals surface area contributed by atoms with Gasteiger partial charge in [0.1, 0.15) is 0 Å². The van der Waals surface area contributed by atoms with E-state index in [4.69, 9.17) is 0 Å². The smallest absolute Gasteiger partial charge is 0.191 e. The van der Waals surface area contributed by atoms with Gasteiger partial charge in [-0.15, -0.1) is 0 Å². The average molecular weight is 283 g/mol. The van der Waals surface area contributed by atoms with E-state index in [9.17, 15) is 0 Å². The molecule has 0 aromatic carbocycles. The molecule has 118 valence electrons. The van der Waals surface area contributed by atoms with Gasteiger partial charge in [-0.05, 0) is 13.0 Å². The number of guanidine groups is 1. The molecule has 20 heavy (non-hydrogen) atoms. The van der Waals surface area contributed by atoms with Crippen LogP contribution < -0.4 is 10.6 Å². The largest absolute Gasteiger partial charge is 0.356 e. The van der Waals surface area contributed by atoms with Gasteiger partial charge in [0.15, 0.2) is 5.96 Å². The fourth-order valence-corrected chi connectivity index (χ4v) is 2.46. The monoisotopic (exact) mass is 283 g/mol. The molecule has 0 radical (unpaired) electrons. The van der Waals surface area contributed by atoms with Crippen LogP contribution in [0, 0.1) is 0 Å². The van der Waals surface area contributed by atoms with Crippen molar-refractivity contribution >= 4 is 5.96 Å². The van der Waals surface area contributed by atoms with Gasteiger partial charge in [-0.3, -0.25) is 9.89 Å². The topological polar surface area (TPSA) is 42.9 Å². The predicted octanol–water partition coefficient (Wildman–Crippen LogP) is 0.979. The van der Waals surface area contributed by atoms with Gasteiger partial charge in [0.2, 0.25) is 0 Å². The summed E-state index contributed by atoms with van der Waals surface area (Å²) in [4.78, 5) is 9.30. The standard InChI is InChI=1S/C15H33N5/c1-4-6-7-8-17-15(16-3)18-9-10-20-13-11-19(5-2)12-14-20/h4-14H2,1-3H3,(H2,16,17,18). The predicted molar refractivity (Wildman–Crippen MR) is 87.4 cm³/mol. The quantitative estimate of drug-likeness (QED) is 0.396. The Hall–Kier alpha value is -0.810. The third-order valence-corrected chi connectivity index (χ3v) is 3.93. The molecular formula is C15H33N5. The number of likely N-dealkylation sites (N-methyl/N-ethyl adjacent to an activating group) is 1. The van der Waals surface area contributed by atoms with Crippen molar-refractivity contribution in [2.45, 2.75) is 33.1 Å². The van der Waals surface area contributed by atoms with Crippen molar-refractivity contribution in [3.8, 4) is 0 Å². The summed E-state index contributed by atoms with van der Waals surface area (Å²) in [6.07, 6.45) is 3.76. The summed E-state index contributed by atoms with van der Waals surface area (Å²) in [6.45, 7) is 13.5. The van der Waals surface area contributed by atoms with E-state index in [1.807, 2.05) is 7.05 Å². The lowest BCUT2D eigenvalue weighted by molar-refractivity contribution is 0.139. The number of rotatable bonds is 8. The van der Waals surface area contributed by atoms with Crippen LogP contribution in [0.2, 0.25) is 0 Å². The molecule has 0 atom stereocenters. The fraction of sp³-hybridized carbons (Fsp3) is 0.933. The fourth-order valence-electron chi connectivity index (χ4n) is 2.46. The molecule has 0 amide bonds. The lowest BCUT2D eigenvalue weighted by atomic mass is 10.2. The summed E-state index contributed by atoms with van der Waals surface area (Å²) >= 11 is 0. The molecule has 0 aromatic rings. The number of aliphatic imine (C=N–C) groups is 1. The number of hydrogen-bond acceptors (Lipinski definition) is 3. The lowest BCUT2D eigenvalue weighted by Gasteiger charge is -2.34. The van der Waals surface area contributed by atoms with Crippen molar-refractivity contribution < 1.29 is 0 Å². The molecule has 1 rings (SSSR count). The van der Waals surface area contributed by atoms with Crippen LogP contribution in [0.3, 0.4) is 0 Å². The summed E-state index contributed by atoms with van der Waals surface area (Å²) in [7, 11) is 1.84. The number of hydrogen-bond donors (Lipinski definition) is 2. The van der Waals surface area contributed by atoms with Crippen molar-refractivity contribution in [1.82, 2.24) is 20.4 Å². The molecule has 5 heteroatoms. The lowest BCUT2D eigenvalue weighted by Crippen LogP contribution is -2.49. The zero-order valence-electron chi connectivity index (χ0n) is 13.6. The van der Waals surface area contributed by atoms with Gasteiger partial charge in [0, 0.05) is 52.9 Å². The van der Waals surface area contributed by atoms with E-state index in [-0.39, 0.29) is 0 Å². The molecule has 0 aromatic heterocycles. The van der Waals surface area contributed by atoms with Gasteiger partial charge in [-0.1, -0.05) is 26.7 Å². The molecule has 0 aliphatic carbocycles. The second-order valence-corrected chi connectivity index (χ2v) is 5.41. The van der Waals surface area contributed by atoms with E-state index in [1.165, 1.54) is 52.0 Å². The van der Waals surface area contributed by atoms with Crippen molar-refractivity contribution in [2.75, 3.05) is 59.4 Å². The maximum atomic E-state index is 4.26. The molecule has 2 N–H and O–H groups in total. The summed E-state index contributed by atoms with van der Waals surface area (Å²) < 4.78 is 0. The Balaban J connectivity index is 2.07. The molecule has 0 saturated carbocycles. The van der Waals surface area contributed by atoms with Gasteiger partial charge >= 0.3 is 0 Å². The summed E-state index contributed by atoms with van der Waals surface area (Å²) in [5, 5.41) is 6.77. The summed E-state index contributed by atoms with van der Waals surface area (Å²) in [5.41, 5.74) is 0. The molecule has 0 spiro atoms. The van der Waals surface area contributed by atoms with Crippen LogP contribution in [0.15, 0.2) is 4.99 Å². The van der Waals surface area contributed by atoms with E-state index in [0.29, 0.717) is 0 Å². The second kappa shape index (κ2) is 10.9. The maximum absolute atomic E-state index is 4.26. The zero-order valence-corrected chi connectivity index (χ0v) is 13.6. The van der Waals surface area contributed by atoms with Gasteiger partial charge in [-0.25, -0.2) is 0 Å². The number of piperazine rings is 1. The first kappa shape index (κ1) is 17.2. The van der Waals surface area contributed by atoms with Gasteiger partial charge in [0.05, 0.1) is 0 Å². The van der Waals surface area contributed by atoms with Crippen LogP contribution in [0.4, 0.5) is 0 Å². The first-order valence-electron chi connectivity index (χ1n) is 8.19. The Morgan fingerprint density at radius 1 is 0.950 bits per heavy atom. The van der Waals surface area contributed by atoms with Gasteiger partial charge < -0.3 is 15.5 Å². The second-order valence-electron chi connectivity index (χ2n) is 5.41. The van der Waals surface area contributed by atoms with Gasteiger partial charge in [0.25, 0.3) is 0 Å². The van der Waals surface area contributed by atoms with Crippen molar-refractivity contribution in [1.29, 1.82) is 0 Å². The van der Waals surface area contributed by atoms with E-state index in [2.05, 4.69) is 39.3 Å². The van der Waals surface area contributed by atoms with Crippen LogP contribution >= 0.6 is 0 Å². The van der Waals surface area contributed by atoms with Gasteiger partial charge in [-0.2, -0.15) is 0 Å². The normalized spacial score (nSPS) is 18.2. The van der Waals surface area contributed by atoms with Crippen LogP contribution in [0.25, 0.3) is 0 Å². The van der Waals surface area contributed by atoms with Crippen molar-refractivity contribution in [3.05, 3.63) is 0 Å². The minimum absolute atomic E-state index is 0.938. The molecule has 1 saturated heterocycles. The molecule has 1 heterocycles. The minimum Gasteiger partial charge on any atom is -0.356 e. The van der Waals surface area contributed by atoms with E-state index < -0.39 is 0 Å². The highest BCUT2D eigenvalue weighted by atomic mass is 15.3. The van der Waals surface area contributed by atoms with E-state index >= 15 is 0 Å². The van der Waals surface area contributed by atoms with E-state index in [1.54, 1.807) is 0 Å². The molecule has 0 bridgehead atoms. The first-order chi connectivity index (χ1) is 9.80. The third-order valence-electron chi connectivity index (χ3n) is 3.93. The molecule has 0 unspecified atom stereocenters. The Morgan fingerprint density at radius 2 is 1.60 bits per heavy atom. The Morgan fingerprint density at radius 3 is 2.20 bits per heavy atom. The third kappa shape index (κ3) is 7.10.